The number of ether oxygens (including phenoxy) is 1. The van der Waals surface area contributed by atoms with Gasteiger partial charge in [0, 0.05) is 13.1 Å². The minimum atomic E-state index is -0.228. The summed E-state index contributed by atoms with van der Waals surface area (Å²) in [6, 6.07) is 7.20. The molecule has 0 saturated carbocycles. The minimum absolute atomic E-state index is 0.228. The molecule has 0 aliphatic carbocycles. The Hall–Kier alpha value is -1.62. The first kappa shape index (κ1) is 16.4. The largest absolute Gasteiger partial charge is 0.493 e. The number of rotatable bonds is 6. The van der Waals surface area contributed by atoms with Gasteiger partial charge in [0.15, 0.2) is 5.11 Å². The van der Waals surface area contributed by atoms with Crippen LogP contribution in [-0.4, -0.2) is 35.6 Å². The van der Waals surface area contributed by atoms with E-state index in [0.29, 0.717) is 23.0 Å². The Morgan fingerprint density at radius 3 is 2.50 bits per heavy atom. The lowest BCUT2D eigenvalue weighted by Crippen LogP contribution is -2.42. The van der Waals surface area contributed by atoms with E-state index in [9.17, 15) is 4.79 Å². The molecule has 1 amide bonds. The summed E-state index contributed by atoms with van der Waals surface area (Å²) in [4.78, 5) is 14.2. The van der Waals surface area contributed by atoms with Gasteiger partial charge in [0.1, 0.15) is 5.75 Å². The molecule has 0 aliphatic heterocycles. The summed E-state index contributed by atoms with van der Waals surface area (Å²) >= 11 is 5.23. The van der Waals surface area contributed by atoms with Crippen LogP contribution in [-0.2, 0) is 0 Å². The minimum Gasteiger partial charge on any atom is -0.493 e. The number of amides is 1. The zero-order valence-corrected chi connectivity index (χ0v) is 13.1. The zero-order valence-electron chi connectivity index (χ0n) is 12.3. The summed E-state index contributed by atoms with van der Waals surface area (Å²) < 4.78 is 5.58. The molecule has 1 aromatic carbocycles. The Bertz CT molecular complexity index is 459. The fraction of sp³-hybridized carbons (Fsp3) is 0.467. The predicted octanol–water partition coefficient (Wildman–Crippen LogP) is 2.83. The van der Waals surface area contributed by atoms with Crippen LogP contribution in [0.5, 0.6) is 5.75 Å². The van der Waals surface area contributed by atoms with Crippen LogP contribution in [0.15, 0.2) is 24.3 Å². The lowest BCUT2D eigenvalue weighted by atomic mass is 10.2. The topological polar surface area (TPSA) is 41.6 Å². The van der Waals surface area contributed by atoms with Gasteiger partial charge in [0.05, 0.1) is 12.2 Å². The summed E-state index contributed by atoms with van der Waals surface area (Å²) in [7, 11) is 0. The van der Waals surface area contributed by atoms with Crippen molar-refractivity contribution in [2.45, 2.75) is 27.2 Å². The molecule has 1 aromatic rings. The zero-order chi connectivity index (χ0) is 15.0. The number of nitrogens with zero attached hydrogens (tertiary/aromatic N) is 1. The molecule has 0 unspecified atom stereocenters. The molecule has 0 saturated heterocycles. The van der Waals surface area contributed by atoms with E-state index in [1.807, 2.05) is 37.8 Å². The first-order valence-electron chi connectivity index (χ1n) is 6.96. The van der Waals surface area contributed by atoms with E-state index in [2.05, 4.69) is 5.32 Å². The maximum Gasteiger partial charge on any atom is 0.261 e. The Labute approximate surface area is 126 Å². The molecule has 0 bridgehead atoms. The second kappa shape index (κ2) is 8.53. The fourth-order valence-electron chi connectivity index (χ4n) is 1.75. The molecule has 0 aromatic heterocycles. The third-order valence-corrected chi connectivity index (χ3v) is 3.22. The molecule has 0 fully saturated rings. The quantitative estimate of drug-likeness (QED) is 0.819. The lowest BCUT2D eigenvalue weighted by molar-refractivity contribution is 0.0969. The van der Waals surface area contributed by atoms with Crippen molar-refractivity contribution in [1.29, 1.82) is 0 Å². The van der Waals surface area contributed by atoms with Crippen LogP contribution < -0.4 is 10.1 Å². The van der Waals surface area contributed by atoms with Crippen LogP contribution in [0.1, 0.15) is 37.6 Å². The monoisotopic (exact) mass is 294 g/mol. The van der Waals surface area contributed by atoms with E-state index in [0.717, 1.165) is 19.5 Å². The highest BCUT2D eigenvalue weighted by molar-refractivity contribution is 7.80. The van der Waals surface area contributed by atoms with Gasteiger partial charge in [-0.2, -0.15) is 0 Å². The highest BCUT2D eigenvalue weighted by Gasteiger charge is 2.15. The average molecular weight is 294 g/mol. The first-order chi connectivity index (χ1) is 9.63. The van der Waals surface area contributed by atoms with Crippen LogP contribution in [0.2, 0.25) is 0 Å². The van der Waals surface area contributed by atoms with E-state index in [4.69, 9.17) is 17.0 Å². The van der Waals surface area contributed by atoms with E-state index in [1.54, 1.807) is 12.1 Å². The molecule has 20 heavy (non-hydrogen) atoms. The van der Waals surface area contributed by atoms with E-state index < -0.39 is 0 Å². The van der Waals surface area contributed by atoms with Crippen LogP contribution in [0.4, 0.5) is 0 Å². The molecule has 0 atom stereocenters. The number of benzene rings is 1. The van der Waals surface area contributed by atoms with Crippen molar-refractivity contribution in [2.75, 3.05) is 19.7 Å². The molecule has 0 spiro atoms. The second-order valence-corrected chi connectivity index (χ2v) is 4.66. The molecule has 1 rings (SSSR count). The summed E-state index contributed by atoms with van der Waals surface area (Å²) in [5, 5.41) is 3.20. The van der Waals surface area contributed by atoms with Crippen molar-refractivity contribution in [3.8, 4) is 5.75 Å². The van der Waals surface area contributed by atoms with Gasteiger partial charge >= 0.3 is 0 Å². The van der Waals surface area contributed by atoms with E-state index >= 15 is 0 Å². The maximum atomic E-state index is 12.3. The SMILES string of the molecule is CCCOc1ccccc1C(=O)NC(=S)N(CC)CC. The molecule has 0 heterocycles. The van der Waals surface area contributed by atoms with Crippen molar-refractivity contribution in [3.63, 3.8) is 0 Å². The highest BCUT2D eigenvalue weighted by Crippen LogP contribution is 2.18. The number of para-hydroxylation sites is 1. The van der Waals surface area contributed by atoms with Crippen molar-refractivity contribution >= 4 is 23.2 Å². The molecule has 0 aliphatic rings. The van der Waals surface area contributed by atoms with Crippen molar-refractivity contribution in [1.82, 2.24) is 10.2 Å². The number of hydrogen-bond acceptors (Lipinski definition) is 3. The Kier molecular flexibility index (Phi) is 7.01. The fourth-order valence-corrected chi connectivity index (χ4v) is 2.10. The van der Waals surface area contributed by atoms with Crippen LogP contribution in [0.25, 0.3) is 0 Å². The third-order valence-electron chi connectivity index (χ3n) is 2.86. The van der Waals surface area contributed by atoms with Crippen LogP contribution >= 0.6 is 12.2 Å². The molecule has 0 radical (unpaired) electrons. The first-order valence-corrected chi connectivity index (χ1v) is 7.36. The molecular weight excluding hydrogens is 272 g/mol. The van der Waals surface area contributed by atoms with Gasteiger partial charge in [0.25, 0.3) is 5.91 Å². The van der Waals surface area contributed by atoms with Crippen molar-refractivity contribution in [2.24, 2.45) is 0 Å². The van der Waals surface area contributed by atoms with Gasteiger partial charge in [-0.15, -0.1) is 0 Å². The van der Waals surface area contributed by atoms with Gasteiger partial charge in [-0.05, 0) is 44.6 Å². The Balaban J connectivity index is 2.79. The molecule has 4 nitrogen and oxygen atoms in total. The molecule has 110 valence electrons. The average Bonchev–Trinajstić information content (AvgIpc) is 2.46. The number of carbonyl (C=O) groups excluding carboxylic acids is 1. The van der Waals surface area contributed by atoms with E-state index in [1.165, 1.54) is 0 Å². The van der Waals surface area contributed by atoms with Gasteiger partial charge < -0.3 is 9.64 Å². The van der Waals surface area contributed by atoms with Crippen LogP contribution in [0, 0.1) is 0 Å². The summed E-state index contributed by atoms with van der Waals surface area (Å²) in [5.41, 5.74) is 0.510. The van der Waals surface area contributed by atoms with Crippen molar-refractivity contribution < 1.29 is 9.53 Å². The van der Waals surface area contributed by atoms with Gasteiger partial charge in [-0.1, -0.05) is 19.1 Å². The highest BCUT2D eigenvalue weighted by atomic mass is 32.1. The third kappa shape index (κ3) is 4.49. The number of hydrogen-bond donors (Lipinski definition) is 1. The van der Waals surface area contributed by atoms with Gasteiger partial charge in [-0.25, -0.2) is 0 Å². The van der Waals surface area contributed by atoms with Gasteiger partial charge in [0.2, 0.25) is 0 Å². The maximum absolute atomic E-state index is 12.3. The lowest BCUT2D eigenvalue weighted by Gasteiger charge is -2.22. The molecular formula is C15H22N2O2S. The number of thiocarbonyl (C=S) groups is 1. The summed E-state index contributed by atoms with van der Waals surface area (Å²) in [5.74, 6) is 0.364. The Morgan fingerprint density at radius 1 is 1.25 bits per heavy atom. The summed E-state index contributed by atoms with van der Waals surface area (Å²) in [6.07, 6.45) is 0.897. The summed E-state index contributed by atoms with van der Waals surface area (Å²) in [6.45, 7) is 8.15. The Morgan fingerprint density at radius 2 is 1.90 bits per heavy atom. The predicted molar refractivity (Wildman–Crippen MR) is 85.2 cm³/mol. The number of nitrogens with one attached hydrogen (secondary N) is 1. The van der Waals surface area contributed by atoms with Crippen molar-refractivity contribution in [3.05, 3.63) is 29.8 Å². The molecule has 1 N–H and O–H groups in total. The smallest absolute Gasteiger partial charge is 0.261 e. The number of carbonyl (C=O) groups is 1. The standard InChI is InChI=1S/C15H22N2O2S/c1-4-11-19-13-10-8-7-9-12(13)14(18)16-15(20)17(5-2)6-3/h7-10H,4-6,11H2,1-3H3,(H,16,18,20). The van der Waals surface area contributed by atoms with Crippen LogP contribution in [0.3, 0.4) is 0 Å². The second-order valence-electron chi connectivity index (χ2n) is 4.28. The molecule has 5 heteroatoms. The van der Waals surface area contributed by atoms with E-state index in [-0.39, 0.29) is 5.91 Å². The normalized spacial score (nSPS) is 9.95. The van der Waals surface area contributed by atoms with Gasteiger partial charge in [-0.3, -0.25) is 10.1 Å².